The van der Waals surface area contributed by atoms with Crippen LogP contribution in [0.3, 0.4) is 0 Å². The second kappa shape index (κ2) is 8.33. The number of hydrogen-bond acceptors (Lipinski definition) is 6. The number of halogens is 2. The zero-order chi connectivity index (χ0) is 21.3. The lowest BCUT2D eigenvalue weighted by Gasteiger charge is -2.45. The Labute approximate surface area is 177 Å². The smallest absolute Gasteiger partial charge is 0.270 e. The van der Waals surface area contributed by atoms with Gasteiger partial charge in [-0.05, 0) is 37.2 Å². The van der Waals surface area contributed by atoms with Crippen molar-refractivity contribution in [1.29, 1.82) is 0 Å². The Morgan fingerprint density at radius 3 is 2.93 bits per heavy atom. The van der Waals surface area contributed by atoms with Gasteiger partial charge in [-0.15, -0.1) is 0 Å². The van der Waals surface area contributed by atoms with Crippen molar-refractivity contribution >= 4 is 22.7 Å². The maximum absolute atomic E-state index is 14.6. The van der Waals surface area contributed by atoms with Crippen molar-refractivity contribution in [1.82, 2.24) is 5.01 Å². The number of benzene rings is 2. The summed E-state index contributed by atoms with van der Waals surface area (Å²) in [4.78, 5) is 12.0. The fraction of sp³-hybridized carbons (Fsp3) is 0.333. The van der Waals surface area contributed by atoms with E-state index < -0.39 is 22.4 Å². The van der Waals surface area contributed by atoms with Crippen LogP contribution in [0.15, 0.2) is 47.6 Å². The Morgan fingerprint density at radius 2 is 2.17 bits per heavy atom. The van der Waals surface area contributed by atoms with Gasteiger partial charge in [-0.3, -0.25) is 4.79 Å². The highest BCUT2D eigenvalue weighted by atomic mass is 32.2. The summed E-state index contributed by atoms with van der Waals surface area (Å²) in [6, 6.07) is 10.5. The van der Waals surface area contributed by atoms with Crippen LogP contribution in [0.5, 0.6) is 5.75 Å². The molecule has 2 aliphatic rings. The van der Waals surface area contributed by atoms with Crippen molar-refractivity contribution in [2.45, 2.75) is 11.3 Å². The van der Waals surface area contributed by atoms with Gasteiger partial charge in [0.1, 0.15) is 29.0 Å². The summed E-state index contributed by atoms with van der Waals surface area (Å²) in [6.45, 7) is 0.476. The lowest BCUT2D eigenvalue weighted by Crippen LogP contribution is -2.52. The number of carbonyl (C=O) groups is 1. The van der Waals surface area contributed by atoms with E-state index in [1.165, 1.54) is 23.9 Å². The number of fused-ring (bicyclic) bond motifs is 2. The largest absolute Gasteiger partial charge is 0.493 e. The minimum absolute atomic E-state index is 0.00237. The summed E-state index contributed by atoms with van der Waals surface area (Å²) < 4.78 is 39.4. The molecule has 0 radical (unpaired) electrons. The summed E-state index contributed by atoms with van der Waals surface area (Å²) in [7, 11) is 1.42. The van der Waals surface area contributed by atoms with Crippen LogP contribution in [0.1, 0.15) is 17.5 Å². The fourth-order valence-corrected chi connectivity index (χ4v) is 5.43. The number of carbonyl (C=O) groups excluding carboxylic acids is 1. The van der Waals surface area contributed by atoms with Gasteiger partial charge in [0, 0.05) is 24.2 Å². The molecule has 158 valence electrons. The van der Waals surface area contributed by atoms with Crippen molar-refractivity contribution < 1.29 is 23.0 Å². The number of nitrogens with two attached hydrogens (primary N) is 1. The molecule has 1 amide bonds. The number of amides is 1. The number of thioether (sulfide) groups is 1. The molecular weight excluding hydrogens is 412 g/mol. The second-order valence-electron chi connectivity index (χ2n) is 7.05. The summed E-state index contributed by atoms with van der Waals surface area (Å²) in [6.07, 6.45) is 0.548. The van der Waals surface area contributed by atoms with E-state index in [9.17, 15) is 13.6 Å². The molecule has 9 heteroatoms. The minimum atomic E-state index is -1.00. The van der Waals surface area contributed by atoms with Crippen molar-refractivity contribution in [3.8, 4) is 5.75 Å². The SMILES string of the molecule is COCC(=O)N1N=C(c2cc(F)ccc2F)S[C@@]12c1ccccc1OC[C@H]2CCN. The molecule has 2 heterocycles. The van der Waals surface area contributed by atoms with Crippen LogP contribution in [0.4, 0.5) is 8.78 Å². The molecule has 2 N–H and O–H groups in total. The Kier molecular flexibility index (Phi) is 5.77. The molecular formula is C21H21F2N3O3S. The Bertz CT molecular complexity index is 1000. The van der Waals surface area contributed by atoms with E-state index >= 15 is 0 Å². The topological polar surface area (TPSA) is 77.1 Å². The van der Waals surface area contributed by atoms with Gasteiger partial charge in [0.15, 0.2) is 4.87 Å². The maximum atomic E-state index is 14.6. The molecule has 6 nitrogen and oxygen atoms in total. The molecule has 2 aliphatic heterocycles. The quantitative estimate of drug-likeness (QED) is 0.784. The van der Waals surface area contributed by atoms with Crippen molar-refractivity contribution in [2.75, 3.05) is 26.9 Å². The number of para-hydroxylation sites is 1. The first-order valence-electron chi connectivity index (χ1n) is 9.48. The number of nitrogens with zero attached hydrogens (tertiary/aromatic N) is 2. The van der Waals surface area contributed by atoms with Gasteiger partial charge < -0.3 is 15.2 Å². The van der Waals surface area contributed by atoms with E-state index in [4.69, 9.17) is 15.2 Å². The number of hydrogen-bond donors (Lipinski definition) is 1. The lowest BCUT2D eigenvalue weighted by molar-refractivity contribution is -0.141. The molecule has 0 unspecified atom stereocenters. The highest BCUT2D eigenvalue weighted by Crippen LogP contribution is 2.57. The fourth-order valence-electron chi connectivity index (χ4n) is 3.89. The molecule has 1 spiro atoms. The zero-order valence-corrected chi connectivity index (χ0v) is 17.1. The predicted molar refractivity (Wildman–Crippen MR) is 110 cm³/mol. The van der Waals surface area contributed by atoms with E-state index in [-0.39, 0.29) is 23.1 Å². The molecule has 2 aromatic rings. The summed E-state index contributed by atoms with van der Waals surface area (Å²) >= 11 is 1.22. The molecule has 30 heavy (non-hydrogen) atoms. The first-order chi connectivity index (χ1) is 14.5. The number of methoxy groups -OCH3 is 1. The van der Waals surface area contributed by atoms with Crippen molar-refractivity contribution in [3.63, 3.8) is 0 Å². The molecule has 0 aliphatic carbocycles. The maximum Gasteiger partial charge on any atom is 0.270 e. The third-order valence-electron chi connectivity index (χ3n) is 5.20. The van der Waals surface area contributed by atoms with Gasteiger partial charge in [-0.2, -0.15) is 5.10 Å². The molecule has 2 atom stereocenters. The van der Waals surface area contributed by atoms with E-state index in [2.05, 4.69) is 5.10 Å². The van der Waals surface area contributed by atoms with Crippen LogP contribution in [0, 0.1) is 17.6 Å². The molecule has 2 aromatic carbocycles. The van der Waals surface area contributed by atoms with Gasteiger partial charge in [0.2, 0.25) is 0 Å². The third-order valence-corrected chi connectivity index (χ3v) is 6.73. The molecule has 0 saturated carbocycles. The number of rotatable bonds is 5. The van der Waals surface area contributed by atoms with E-state index in [0.29, 0.717) is 25.3 Å². The number of hydrazone groups is 1. The van der Waals surface area contributed by atoms with Crippen LogP contribution >= 0.6 is 11.8 Å². The average molecular weight is 433 g/mol. The van der Waals surface area contributed by atoms with Crippen LogP contribution in [0.25, 0.3) is 0 Å². The standard InChI is InChI=1S/C21H21F2N3O3S/c1-28-12-19(27)26-21(30-20(25-26)15-10-14(22)6-7-17(15)23)13(8-9-24)11-29-18-5-3-2-4-16(18)21/h2-7,10,13H,8-9,11-12,24H2,1H3/t13-,21+/m1/s1. The Hall–Kier alpha value is -2.49. The molecule has 0 fully saturated rings. The third kappa shape index (κ3) is 3.36. The van der Waals surface area contributed by atoms with Crippen LogP contribution in [-0.4, -0.2) is 42.8 Å². The van der Waals surface area contributed by atoms with Gasteiger partial charge in [-0.1, -0.05) is 30.0 Å². The average Bonchev–Trinajstić information content (AvgIpc) is 3.13. The summed E-state index contributed by atoms with van der Waals surface area (Å²) in [5, 5.41) is 6.02. The van der Waals surface area contributed by atoms with Crippen molar-refractivity contribution in [3.05, 3.63) is 65.2 Å². The molecule has 0 aromatic heterocycles. The highest BCUT2D eigenvalue weighted by molar-refractivity contribution is 8.15. The van der Waals surface area contributed by atoms with Crippen LogP contribution in [0.2, 0.25) is 0 Å². The van der Waals surface area contributed by atoms with E-state index in [1.807, 2.05) is 24.3 Å². The summed E-state index contributed by atoms with van der Waals surface area (Å²) in [5.41, 5.74) is 6.60. The van der Waals surface area contributed by atoms with Gasteiger partial charge in [-0.25, -0.2) is 13.8 Å². The molecule has 0 bridgehead atoms. The molecule has 0 saturated heterocycles. The normalized spacial score (nSPS) is 22.6. The van der Waals surface area contributed by atoms with E-state index in [0.717, 1.165) is 23.8 Å². The van der Waals surface area contributed by atoms with Gasteiger partial charge in [0.05, 0.1) is 6.61 Å². The molecule has 4 rings (SSSR count). The van der Waals surface area contributed by atoms with Crippen molar-refractivity contribution in [2.24, 2.45) is 16.8 Å². The number of ether oxygens (including phenoxy) is 2. The van der Waals surface area contributed by atoms with Crippen LogP contribution < -0.4 is 10.5 Å². The Morgan fingerprint density at radius 1 is 1.37 bits per heavy atom. The minimum Gasteiger partial charge on any atom is -0.493 e. The predicted octanol–water partition coefficient (Wildman–Crippen LogP) is 3.06. The first kappa shape index (κ1) is 20.8. The van der Waals surface area contributed by atoms with Crippen LogP contribution in [-0.2, 0) is 14.4 Å². The second-order valence-corrected chi connectivity index (χ2v) is 8.26. The van der Waals surface area contributed by atoms with Gasteiger partial charge >= 0.3 is 0 Å². The highest BCUT2D eigenvalue weighted by Gasteiger charge is 2.56. The first-order valence-corrected chi connectivity index (χ1v) is 10.3. The summed E-state index contributed by atoms with van der Waals surface area (Å²) in [5.74, 6) is -1.20. The van der Waals surface area contributed by atoms with Gasteiger partial charge in [0.25, 0.3) is 5.91 Å². The monoisotopic (exact) mass is 433 g/mol. The zero-order valence-electron chi connectivity index (χ0n) is 16.3. The van der Waals surface area contributed by atoms with E-state index in [1.54, 1.807) is 0 Å². The Balaban J connectivity index is 1.90. The lowest BCUT2D eigenvalue weighted by atomic mass is 9.86.